The highest BCUT2D eigenvalue weighted by Crippen LogP contribution is 2.53. The maximum Gasteiger partial charge on any atom is 0.243 e. The zero-order valence-electron chi connectivity index (χ0n) is 41.2. The fourth-order valence-corrected chi connectivity index (χ4v) is 12.0. The molecule has 0 atom stereocenters. The van der Waals surface area contributed by atoms with Crippen molar-refractivity contribution < 1.29 is 9.13 Å². The minimum absolute atomic E-state index is 0.0374. The average molecular weight is 960 g/mol. The molecule has 0 bridgehead atoms. The molecule has 0 saturated carbocycles. The molecule has 1 aliphatic heterocycles. The maximum atomic E-state index is 17.9. The average Bonchev–Trinajstić information content (AvgIpc) is 3.47. The van der Waals surface area contributed by atoms with E-state index in [0.717, 1.165) is 72.4 Å². The van der Waals surface area contributed by atoms with Gasteiger partial charge in [-0.1, -0.05) is 240 Å². The zero-order valence-corrected chi connectivity index (χ0v) is 41.2. The van der Waals surface area contributed by atoms with Gasteiger partial charge in [-0.25, -0.2) is 4.39 Å². The molecule has 0 fully saturated rings. The lowest BCUT2D eigenvalue weighted by atomic mass is 9.35. The van der Waals surface area contributed by atoms with Crippen LogP contribution in [0.5, 0.6) is 11.5 Å². The molecule has 0 aliphatic carbocycles. The molecular weight excluding hydrogens is 913 g/mol. The summed E-state index contributed by atoms with van der Waals surface area (Å²) in [6.45, 7) is 2.20. The molecule has 352 valence electrons. The fraction of sp³-hybridized carbons (Fsp3) is 0.0141. The van der Waals surface area contributed by atoms with E-state index >= 15 is 4.39 Å². The molecule has 0 unspecified atom stereocenters. The number of fused-ring (bicyclic) bond motifs is 7. The second-order valence-corrected chi connectivity index (χ2v) is 19.7. The monoisotopic (exact) mass is 959 g/mol. The first-order chi connectivity index (χ1) is 37.1. The smallest absolute Gasteiger partial charge is 0.243 e. The van der Waals surface area contributed by atoms with E-state index in [0.29, 0.717) is 11.4 Å². The maximum absolute atomic E-state index is 17.9. The van der Waals surface area contributed by atoms with Crippen LogP contribution in [0, 0.1) is 12.7 Å². The van der Waals surface area contributed by atoms with Crippen molar-refractivity contribution in [2.24, 2.45) is 0 Å². The normalized spacial score (nSPS) is 11.7. The van der Waals surface area contributed by atoms with Gasteiger partial charge in [0.15, 0.2) is 0 Å². The Morgan fingerprint density at radius 2 is 0.960 bits per heavy atom. The molecular formula is C71H47BFNO. The first kappa shape index (κ1) is 44.2. The molecule has 0 amide bonds. The summed E-state index contributed by atoms with van der Waals surface area (Å²) in [4.78, 5) is 2.09. The summed E-state index contributed by atoms with van der Waals surface area (Å²) in [6, 6.07) is 93.6. The van der Waals surface area contributed by atoms with E-state index < -0.39 is 0 Å². The number of aryl methyl sites for hydroxylation is 1. The molecule has 0 spiro atoms. The van der Waals surface area contributed by atoms with E-state index in [9.17, 15) is 0 Å². The summed E-state index contributed by atoms with van der Waals surface area (Å²) in [6.07, 6.45) is 0. The third-order valence-corrected chi connectivity index (χ3v) is 15.4. The first-order valence-corrected chi connectivity index (χ1v) is 25.7. The van der Waals surface area contributed by atoms with Crippen LogP contribution >= 0.6 is 0 Å². The second kappa shape index (κ2) is 18.2. The number of ether oxygens (including phenoxy) is 1. The lowest BCUT2D eigenvalue weighted by Crippen LogP contribution is -2.53. The van der Waals surface area contributed by atoms with Gasteiger partial charge < -0.3 is 9.64 Å². The Morgan fingerprint density at radius 1 is 0.360 bits per heavy atom. The van der Waals surface area contributed by atoms with Gasteiger partial charge in [-0.05, 0) is 115 Å². The number of nitrogens with zero attached hydrogens (tertiary/aromatic N) is 1. The van der Waals surface area contributed by atoms with Gasteiger partial charge >= 0.3 is 0 Å². The SMILES string of the molecule is Cc1ccccc1B(c1cccc2ccccc12)c1cc2c3cccc4c3c(cc2c2ccccc12)-c1ccc(N(c2ccccc2-c2ccccc2)c2c(F)cc(-c3ccccc3)cc2-c2ccccc2)cc1O4. The molecule has 0 saturated heterocycles. The number of halogens is 1. The molecule has 0 N–H and O–H groups in total. The molecule has 1 heterocycles. The summed E-state index contributed by atoms with van der Waals surface area (Å²) in [7, 11) is 0. The minimum atomic E-state index is -0.338. The van der Waals surface area contributed by atoms with Gasteiger partial charge in [0.05, 0.1) is 17.1 Å². The number of rotatable bonds is 9. The van der Waals surface area contributed by atoms with Crippen LogP contribution in [0.25, 0.3) is 87.6 Å². The van der Waals surface area contributed by atoms with Crippen molar-refractivity contribution in [3.05, 3.63) is 278 Å². The van der Waals surface area contributed by atoms with Crippen LogP contribution in [0.15, 0.2) is 267 Å². The topological polar surface area (TPSA) is 12.5 Å². The summed E-state index contributed by atoms with van der Waals surface area (Å²) in [5, 5.41) is 9.47. The Kier molecular flexibility index (Phi) is 10.7. The Bertz CT molecular complexity index is 4360. The minimum Gasteiger partial charge on any atom is -0.456 e. The van der Waals surface area contributed by atoms with Crippen molar-refractivity contribution >= 4 is 83.3 Å². The standard InChI is InChI=1S/C71H47BFNO/c1-46-21-11-17-35-63(46)72(64-36-19-29-48-28-12-13-30-53(48)64)65-45-61-58-34-20-38-68-70(58)62(44-60(61)55-32-14-15-33-56(55)65)57-40-39-52(43-69(57)75-68)74(67-37-18-16-31-54(67)49-24-7-3-8-25-49)71-59(50-26-9-4-10-27-50)41-51(42-66(71)73)47-22-5-2-6-23-47/h2-45H,1H3. The van der Waals surface area contributed by atoms with Crippen molar-refractivity contribution in [2.45, 2.75) is 6.92 Å². The first-order valence-electron chi connectivity index (χ1n) is 25.7. The van der Waals surface area contributed by atoms with Gasteiger partial charge in [-0.3, -0.25) is 0 Å². The van der Waals surface area contributed by atoms with E-state index in [4.69, 9.17) is 4.74 Å². The number of benzene rings is 13. The highest BCUT2D eigenvalue weighted by atomic mass is 19.1. The number of hydrogen-bond acceptors (Lipinski definition) is 2. The Balaban J connectivity index is 0.994. The van der Waals surface area contributed by atoms with Crippen molar-refractivity contribution in [1.29, 1.82) is 0 Å². The largest absolute Gasteiger partial charge is 0.456 e. The van der Waals surface area contributed by atoms with Crippen LogP contribution in [-0.2, 0) is 0 Å². The van der Waals surface area contributed by atoms with E-state index in [1.165, 1.54) is 54.3 Å². The predicted octanol–water partition coefficient (Wildman–Crippen LogP) is 17.5. The molecule has 1 aliphatic rings. The summed E-state index contributed by atoms with van der Waals surface area (Å²) in [5.74, 6) is 1.15. The number of hydrogen-bond donors (Lipinski definition) is 0. The van der Waals surface area contributed by atoms with E-state index in [1.54, 1.807) is 6.07 Å². The Labute approximate surface area is 436 Å². The summed E-state index contributed by atoms with van der Waals surface area (Å²) in [5.41, 5.74) is 14.7. The summed E-state index contributed by atoms with van der Waals surface area (Å²) >= 11 is 0. The van der Waals surface area contributed by atoms with Crippen LogP contribution in [0.4, 0.5) is 21.5 Å². The quantitative estimate of drug-likeness (QED) is 0.106. The lowest BCUT2D eigenvalue weighted by molar-refractivity contribution is 0.487. The number of para-hydroxylation sites is 1. The predicted molar refractivity (Wildman–Crippen MR) is 315 cm³/mol. The van der Waals surface area contributed by atoms with E-state index in [-0.39, 0.29) is 12.5 Å². The zero-order chi connectivity index (χ0) is 50.0. The molecule has 2 nitrogen and oxygen atoms in total. The lowest BCUT2D eigenvalue weighted by Gasteiger charge is -2.32. The molecule has 0 radical (unpaired) electrons. The molecule has 14 rings (SSSR count). The van der Waals surface area contributed by atoms with Crippen LogP contribution in [0.2, 0.25) is 0 Å². The van der Waals surface area contributed by atoms with Gasteiger partial charge in [0, 0.05) is 28.1 Å². The number of anilines is 3. The van der Waals surface area contributed by atoms with Gasteiger partial charge in [-0.2, -0.15) is 0 Å². The van der Waals surface area contributed by atoms with Crippen molar-refractivity contribution in [3.63, 3.8) is 0 Å². The highest BCUT2D eigenvalue weighted by molar-refractivity contribution is 6.98. The van der Waals surface area contributed by atoms with Crippen LogP contribution in [-0.4, -0.2) is 6.71 Å². The molecule has 75 heavy (non-hydrogen) atoms. The van der Waals surface area contributed by atoms with Gasteiger partial charge in [0.25, 0.3) is 0 Å². The Hall–Kier alpha value is -9.51. The third kappa shape index (κ3) is 7.48. The summed E-state index contributed by atoms with van der Waals surface area (Å²) < 4.78 is 25.0. The fourth-order valence-electron chi connectivity index (χ4n) is 12.0. The van der Waals surface area contributed by atoms with E-state index in [2.05, 4.69) is 194 Å². The van der Waals surface area contributed by atoms with Crippen molar-refractivity contribution in [1.82, 2.24) is 0 Å². The van der Waals surface area contributed by atoms with Crippen molar-refractivity contribution in [3.8, 4) is 56.0 Å². The van der Waals surface area contributed by atoms with Crippen molar-refractivity contribution in [2.75, 3.05) is 4.90 Å². The van der Waals surface area contributed by atoms with Gasteiger partial charge in [-0.15, -0.1) is 0 Å². The second-order valence-electron chi connectivity index (χ2n) is 19.7. The highest BCUT2D eigenvalue weighted by Gasteiger charge is 2.31. The molecule has 0 aromatic heterocycles. The molecule has 4 heteroatoms. The van der Waals surface area contributed by atoms with Crippen LogP contribution in [0.1, 0.15) is 5.56 Å². The van der Waals surface area contributed by atoms with E-state index in [1.807, 2.05) is 78.9 Å². The van der Waals surface area contributed by atoms with Gasteiger partial charge in [0.1, 0.15) is 17.3 Å². The third-order valence-electron chi connectivity index (χ3n) is 15.4. The van der Waals surface area contributed by atoms with Crippen LogP contribution < -0.4 is 26.0 Å². The molecule has 13 aromatic carbocycles. The van der Waals surface area contributed by atoms with Gasteiger partial charge in [0.2, 0.25) is 6.71 Å². The molecule has 13 aromatic rings. The van der Waals surface area contributed by atoms with Crippen LogP contribution in [0.3, 0.4) is 0 Å². The Morgan fingerprint density at radius 3 is 1.75 bits per heavy atom.